The molecule has 2 aromatic rings. The number of hydrogen-bond acceptors (Lipinski definition) is 4. The molecule has 1 aromatic heterocycles. The number of benzene rings is 1. The van der Waals surface area contributed by atoms with Crippen LogP contribution < -0.4 is 5.32 Å². The van der Waals surface area contributed by atoms with E-state index in [9.17, 15) is 14.9 Å². The van der Waals surface area contributed by atoms with Crippen LogP contribution in [-0.4, -0.2) is 22.4 Å². The Morgan fingerprint density at radius 1 is 1.33 bits per heavy atom. The van der Waals surface area contributed by atoms with Gasteiger partial charge in [-0.1, -0.05) is 6.07 Å². The van der Waals surface area contributed by atoms with E-state index < -0.39 is 4.92 Å². The molecular formula is C14H12BrN3O3. The Balaban J connectivity index is 1.97. The van der Waals surface area contributed by atoms with Gasteiger partial charge in [-0.2, -0.15) is 0 Å². The lowest BCUT2D eigenvalue weighted by molar-refractivity contribution is -0.385. The number of rotatable bonds is 5. The van der Waals surface area contributed by atoms with Gasteiger partial charge in [0.15, 0.2) is 0 Å². The molecule has 0 aliphatic heterocycles. The van der Waals surface area contributed by atoms with Crippen molar-refractivity contribution in [3.63, 3.8) is 0 Å². The minimum absolute atomic E-state index is 0.132. The number of amides is 1. The standard InChI is InChI=1S/C14H12BrN3O3/c15-12-5-4-10(9-13(12)18(20)21)14(19)17-8-6-11-3-1-2-7-16-11/h1-5,7,9H,6,8H2,(H,17,19). The van der Waals surface area contributed by atoms with Crippen molar-refractivity contribution in [2.45, 2.75) is 6.42 Å². The molecule has 0 unspecified atom stereocenters. The lowest BCUT2D eigenvalue weighted by atomic mass is 10.2. The van der Waals surface area contributed by atoms with Crippen molar-refractivity contribution in [1.29, 1.82) is 0 Å². The highest BCUT2D eigenvalue weighted by Crippen LogP contribution is 2.25. The third-order valence-electron chi connectivity index (χ3n) is 2.80. The quantitative estimate of drug-likeness (QED) is 0.664. The largest absolute Gasteiger partial charge is 0.352 e. The van der Waals surface area contributed by atoms with Gasteiger partial charge >= 0.3 is 0 Å². The molecule has 0 spiro atoms. The molecule has 21 heavy (non-hydrogen) atoms. The third kappa shape index (κ3) is 4.09. The van der Waals surface area contributed by atoms with Crippen LogP contribution in [0.25, 0.3) is 0 Å². The summed E-state index contributed by atoms with van der Waals surface area (Å²) in [4.78, 5) is 26.4. The first-order valence-electron chi connectivity index (χ1n) is 6.20. The maximum atomic E-state index is 12.0. The highest BCUT2D eigenvalue weighted by molar-refractivity contribution is 9.10. The van der Waals surface area contributed by atoms with Crippen molar-refractivity contribution in [3.8, 4) is 0 Å². The highest BCUT2D eigenvalue weighted by Gasteiger charge is 2.15. The van der Waals surface area contributed by atoms with Gasteiger partial charge in [0.05, 0.1) is 9.40 Å². The number of pyridine rings is 1. The molecule has 0 fully saturated rings. The molecule has 1 heterocycles. The predicted octanol–water partition coefficient (Wildman–Crippen LogP) is 2.72. The molecular weight excluding hydrogens is 338 g/mol. The molecule has 0 saturated heterocycles. The summed E-state index contributed by atoms with van der Waals surface area (Å²) in [5.41, 5.74) is 0.998. The van der Waals surface area contributed by atoms with Crippen LogP contribution in [0.4, 0.5) is 5.69 Å². The van der Waals surface area contributed by atoms with Crippen molar-refractivity contribution in [1.82, 2.24) is 10.3 Å². The SMILES string of the molecule is O=C(NCCc1ccccn1)c1ccc(Br)c([N+](=O)[O-])c1. The Bertz CT molecular complexity index is 662. The van der Waals surface area contributed by atoms with Crippen LogP contribution in [0.3, 0.4) is 0 Å². The van der Waals surface area contributed by atoms with E-state index in [0.717, 1.165) is 5.69 Å². The van der Waals surface area contributed by atoms with Gasteiger partial charge in [0.1, 0.15) is 0 Å². The minimum atomic E-state index is -0.533. The summed E-state index contributed by atoms with van der Waals surface area (Å²) >= 11 is 3.08. The zero-order valence-electron chi connectivity index (χ0n) is 11.0. The van der Waals surface area contributed by atoms with E-state index >= 15 is 0 Å². The predicted molar refractivity (Wildman–Crippen MR) is 81.1 cm³/mol. The molecule has 1 N–H and O–H groups in total. The third-order valence-corrected chi connectivity index (χ3v) is 3.47. The summed E-state index contributed by atoms with van der Waals surface area (Å²) in [7, 11) is 0. The number of nitrogens with one attached hydrogen (secondary N) is 1. The van der Waals surface area contributed by atoms with Crippen molar-refractivity contribution in [2.75, 3.05) is 6.54 Å². The van der Waals surface area contributed by atoms with Crippen LogP contribution in [0.5, 0.6) is 0 Å². The number of halogens is 1. The molecule has 1 aromatic carbocycles. The van der Waals surface area contributed by atoms with E-state index in [1.807, 2.05) is 18.2 Å². The maximum Gasteiger partial charge on any atom is 0.284 e. The number of nitro groups is 1. The van der Waals surface area contributed by atoms with Gasteiger partial charge in [-0.25, -0.2) is 0 Å². The van der Waals surface area contributed by atoms with Crippen LogP contribution in [0.1, 0.15) is 16.1 Å². The number of carbonyl (C=O) groups excluding carboxylic acids is 1. The molecule has 7 heteroatoms. The first-order chi connectivity index (χ1) is 10.1. The van der Waals surface area contributed by atoms with E-state index in [1.54, 1.807) is 6.20 Å². The Labute approximate surface area is 129 Å². The average molecular weight is 350 g/mol. The van der Waals surface area contributed by atoms with E-state index in [-0.39, 0.29) is 17.2 Å². The number of nitrogens with zero attached hydrogens (tertiary/aromatic N) is 2. The molecule has 0 saturated carbocycles. The first-order valence-corrected chi connectivity index (χ1v) is 6.99. The fourth-order valence-electron chi connectivity index (χ4n) is 1.75. The van der Waals surface area contributed by atoms with E-state index in [0.29, 0.717) is 17.4 Å². The monoisotopic (exact) mass is 349 g/mol. The number of aromatic nitrogens is 1. The van der Waals surface area contributed by atoms with Crippen LogP contribution in [0.2, 0.25) is 0 Å². The van der Waals surface area contributed by atoms with Gasteiger partial charge in [-0.3, -0.25) is 19.9 Å². The van der Waals surface area contributed by atoms with Crippen molar-refractivity contribution in [2.24, 2.45) is 0 Å². The van der Waals surface area contributed by atoms with Crippen LogP contribution in [0.15, 0.2) is 47.1 Å². The van der Waals surface area contributed by atoms with E-state index in [2.05, 4.69) is 26.2 Å². The fourth-order valence-corrected chi connectivity index (χ4v) is 2.14. The summed E-state index contributed by atoms with van der Waals surface area (Å²) in [5, 5.41) is 13.5. The first kappa shape index (κ1) is 15.1. The topological polar surface area (TPSA) is 85.1 Å². The molecule has 108 valence electrons. The molecule has 1 amide bonds. The lowest BCUT2D eigenvalue weighted by Crippen LogP contribution is -2.25. The van der Waals surface area contributed by atoms with Crippen molar-refractivity contribution in [3.05, 3.63) is 68.4 Å². The molecule has 2 rings (SSSR count). The van der Waals surface area contributed by atoms with Gasteiger partial charge in [0.2, 0.25) is 0 Å². The van der Waals surface area contributed by atoms with Crippen LogP contribution >= 0.6 is 15.9 Å². The molecule has 0 bridgehead atoms. The van der Waals surface area contributed by atoms with Gasteiger partial charge in [0, 0.05) is 36.5 Å². The minimum Gasteiger partial charge on any atom is -0.352 e. The van der Waals surface area contributed by atoms with Crippen molar-refractivity contribution < 1.29 is 9.72 Å². The number of nitro benzene ring substituents is 1. The fraction of sp³-hybridized carbons (Fsp3) is 0.143. The smallest absolute Gasteiger partial charge is 0.284 e. The zero-order valence-corrected chi connectivity index (χ0v) is 12.5. The van der Waals surface area contributed by atoms with E-state index in [4.69, 9.17) is 0 Å². The maximum absolute atomic E-state index is 12.0. The summed E-state index contributed by atoms with van der Waals surface area (Å²) in [6.45, 7) is 0.416. The molecule has 0 aliphatic rings. The van der Waals surface area contributed by atoms with Gasteiger partial charge in [-0.15, -0.1) is 0 Å². The summed E-state index contributed by atoms with van der Waals surface area (Å²) < 4.78 is 0.345. The Hall–Kier alpha value is -2.28. The van der Waals surface area contributed by atoms with Crippen LogP contribution in [0, 0.1) is 10.1 Å². The van der Waals surface area contributed by atoms with Gasteiger partial charge < -0.3 is 5.32 Å². The lowest BCUT2D eigenvalue weighted by Gasteiger charge is -2.05. The second-order valence-electron chi connectivity index (χ2n) is 4.25. The van der Waals surface area contributed by atoms with Crippen molar-refractivity contribution >= 4 is 27.5 Å². The second kappa shape index (κ2) is 6.94. The number of carbonyl (C=O) groups is 1. The molecule has 0 radical (unpaired) electrons. The number of hydrogen-bond donors (Lipinski definition) is 1. The average Bonchev–Trinajstić information content (AvgIpc) is 2.48. The molecule has 0 atom stereocenters. The Morgan fingerprint density at radius 2 is 2.14 bits per heavy atom. The van der Waals surface area contributed by atoms with Crippen LogP contribution in [-0.2, 0) is 6.42 Å². The second-order valence-corrected chi connectivity index (χ2v) is 5.10. The molecule has 0 aliphatic carbocycles. The summed E-state index contributed by atoms with van der Waals surface area (Å²) in [6.07, 6.45) is 2.29. The summed E-state index contributed by atoms with van der Waals surface area (Å²) in [6, 6.07) is 9.85. The highest BCUT2D eigenvalue weighted by atomic mass is 79.9. The molecule has 6 nitrogen and oxygen atoms in total. The summed E-state index contributed by atoms with van der Waals surface area (Å²) in [5.74, 6) is -0.346. The van der Waals surface area contributed by atoms with Gasteiger partial charge in [-0.05, 0) is 40.2 Å². The zero-order chi connectivity index (χ0) is 15.2. The normalized spacial score (nSPS) is 10.1. The van der Waals surface area contributed by atoms with Gasteiger partial charge in [0.25, 0.3) is 11.6 Å². The Morgan fingerprint density at radius 3 is 2.81 bits per heavy atom. The van der Waals surface area contributed by atoms with E-state index in [1.165, 1.54) is 18.2 Å². The Kier molecular flexibility index (Phi) is 4.99.